The lowest BCUT2D eigenvalue weighted by Crippen LogP contribution is -2.11. The summed E-state index contributed by atoms with van der Waals surface area (Å²) >= 11 is 0. The van der Waals surface area contributed by atoms with Crippen LogP contribution in [0.25, 0.3) is 0 Å². The first-order valence-corrected chi connectivity index (χ1v) is 9.26. The number of carbonyl (C=O) groups excluding carboxylic acids is 1. The minimum absolute atomic E-state index is 0.109. The van der Waals surface area contributed by atoms with E-state index in [1.165, 1.54) is 12.3 Å². The van der Waals surface area contributed by atoms with Gasteiger partial charge >= 0.3 is 5.97 Å². The van der Waals surface area contributed by atoms with E-state index in [9.17, 15) is 9.59 Å². The van der Waals surface area contributed by atoms with Gasteiger partial charge in [0.1, 0.15) is 25.2 Å². The van der Waals surface area contributed by atoms with E-state index in [1.54, 1.807) is 0 Å². The SMILES string of the molecule is O=C(CCOCc1ccccc1)OCc1cc(=O)c(OCc2ccccc2)co1. The van der Waals surface area contributed by atoms with Crippen molar-refractivity contribution < 1.29 is 23.4 Å². The van der Waals surface area contributed by atoms with Crippen molar-refractivity contribution in [2.45, 2.75) is 26.2 Å². The van der Waals surface area contributed by atoms with Crippen LogP contribution in [0.15, 0.2) is 82.2 Å². The molecule has 0 aliphatic carbocycles. The summed E-state index contributed by atoms with van der Waals surface area (Å²) in [7, 11) is 0. The van der Waals surface area contributed by atoms with Gasteiger partial charge in [-0.05, 0) is 11.1 Å². The zero-order chi connectivity index (χ0) is 20.3. The molecule has 150 valence electrons. The second kappa shape index (κ2) is 10.8. The van der Waals surface area contributed by atoms with Gasteiger partial charge in [-0.15, -0.1) is 0 Å². The summed E-state index contributed by atoms with van der Waals surface area (Å²) in [6.45, 7) is 0.839. The van der Waals surface area contributed by atoms with Crippen LogP contribution >= 0.6 is 0 Å². The monoisotopic (exact) mass is 394 g/mol. The molecular formula is C23H22O6. The summed E-state index contributed by atoms with van der Waals surface area (Å²) in [6, 6.07) is 20.5. The third-order valence-electron chi connectivity index (χ3n) is 4.03. The van der Waals surface area contributed by atoms with Gasteiger partial charge in [0.05, 0.1) is 19.6 Å². The second-order valence-corrected chi connectivity index (χ2v) is 6.30. The van der Waals surface area contributed by atoms with Crippen LogP contribution in [-0.4, -0.2) is 12.6 Å². The number of esters is 1. The molecule has 0 amide bonds. The maximum atomic E-state index is 12.1. The van der Waals surface area contributed by atoms with Gasteiger partial charge in [0.25, 0.3) is 0 Å². The average molecular weight is 394 g/mol. The van der Waals surface area contributed by atoms with E-state index in [2.05, 4.69) is 0 Å². The molecule has 0 saturated carbocycles. The third-order valence-corrected chi connectivity index (χ3v) is 4.03. The van der Waals surface area contributed by atoms with Gasteiger partial charge < -0.3 is 18.6 Å². The van der Waals surface area contributed by atoms with E-state index in [1.807, 2.05) is 60.7 Å². The maximum absolute atomic E-state index is 12.1. The Hall–Kier alpha value is -3.38. The molecule has 6 nitrogen and oxygen atoms in total. The number of rotatable bonds is 10. The van der Waals surface area contributed by atoms with Crippen LogP contribution < -0.4 is 10.2 Å². The predicted molar refractivity (Wildman–Crippen MR) is 106 cm³/mol. The van der Waals surface area contributed by atoms with Crippen LogP contribution in [0.1, 0.15) is 23.3 Å². The minimum atomic E-state index is -0.426. The smallest absolute Gasteiger partial charge is 0.308 e. The fourth-order valence-corrected chi connectivity index (χ4v) is 2.50. The molecule has 29 heavy (non-hydrogen) atoms. The van der Waals surface area contributed by atoms with Crippen LogP contribution in [0.4, 0.5) is 0 Å². The van der Waals surface area contributed by atoms with Crippen LogP contribution in [0.3, 0.4) is 0 Å². The van der Waals surface area contributed by atoms with Crippen molar-refractivity contribution >= 4 is 5.97 Å². The molecule has 1 aromatic heterocycles. The van der Waals surface area contributed by atoms with Gasteiger partial charge in [-0.1, -0.05) is 60.7 Å². The Labute approximate surface area is 168 Å². The van der Waals surface area contributed by atoms with Crippen molar-refractivity contribution in [1.29, 1.82) is 0 Å². The Morgan fingerprint density at radius 3 is 2.17 bits per heavy atom. The first-order chi connectivity index (χ1) is 14.2. The summed E-state index contributed by atoms with van der Waals surface area (Å²) < 4.78 is 21.4. The van der Waals surface area contributed by atoms with Gasteiger partial charge in [-0.3, -0.25) is 9.59 Å². The Bertz CT molecular complexity index is 950. The predicted octanol–water partition coefficient (Wildman–Crippen LogP) is 3.87. The first kappa shape index (κ1) is 20.4. The summed E-state index contributed by atoms with van der Waals surface area (Å²) in [5.41, 5.74) is 1.65. The highest BCUT2D eigenvalue weighted by molar-refractivity contribution is 5.69. The fraction of sp³-hybridized carbons (Fsp3) is 0.217. The summed E-state index contributed by atoms with van der Waals surface area (Å²) in [5, 5.41) is 0. The minimum Gasteiger partial charge on any atom is -0.482 e. The molecule has 2 aromatic carbocycles. The zero-order valence-corrected chi connectivity index (χ0v) is 15.9. The average Bonchev–Trinajstić information content (AvgIpc) is 2.76. The first-order valence-electron chi connectivity index (χ1n) is 9.26. The third kappa shape index (κ3) is 6.93. The van der Waals surface area contributed by atoms with Crippen molar-refractivity contribution in [3.8, 4) is 5.75 Å². The van der Waals surface area contributed by atoms with E-state index in [4.69, 9.17) is 18.6 Å². The Kier molecular flexibility index (Phi) is 7.60. The molecule has 0 unspecified atom stereocenters. The number of benzene rings is 2. The van der Waals surface area contributed by atoms with E-state index in [0.29, 0.717) is 6.61 Å². The second-order valence-electron chi connectivity index (χ2n) is 6.30. The van der Waals surface area contributed by atoms with Gasteiger partial charge in [0.15, 0.2) is 0 Å². The van der Waals surface area contributed by atoms with Crippen molar-refractivity contribution in [2.24, 2.45) is 0 Å². The molecule has 0 aliphatic rings. The number of ether oxygens (including phenoxy) is 3. The molecule has 0 spiro atoms. The highest BCUT2D eigenvalue weighted by Crippen LogP contribution is 2.10. The molecular weight excluding hydrogens is 372 g/mol. The van der Waals surface area contributed by atoms with Gasteiger partial charge in [0, 0.05) is 6.07 Å². The topological polar surface area (TPSA) is 75.0 Å². The standard InChI is InChI=1S/C23H22O6/c24-21-13-20(27-17-22(21)28-15-19-9-5-2-6-10-19)16-29-23(25)11-12-26-14-18-7-3-1-4-8-18/h1-10,13,17H,11-12,14-16H2. The van der Waals surface area contributed by atoms with Crippen LogP contribution in [-0.2, 0) is 34.1 Å². The number of carbonyl (C=O) groups is 1. The Morgan fingerprint density at radius 2 is 1.52 bits per heavy atom. The van der Waals surface area contributed by atoms with Gasteiger partial charge in [0.2, 0.25) is 11.2 Å². The lowest BCUT2D eigenvalue weighted by Gasteiger charge is -2.07. The largest absolute Gasteiger partial charge is 0.482 e. The van der Waals surface area contributed by atoms with Crippen molar-refractivity contribution in [1.82, 2.24) is 0 Å². The molecule has 3 aromatic rings. The van der Waals surface area contributed by atoms with Crippen molar-refractivity contribution in [3.63, 3.8) is 0 Å². The zero-order valence-electron chi connectivity index (χ0n) is 15.9. The highest BCUT2D eigenvalue weighted by atomic mass is 16.5. The Balaban J connectivity index is 1.38. The molecule has 0 saturated heterocycles. The van der Waals surface area contributed by atoms with E-state index >= 15 is 0 Å². The molecule has 0 N–H and O–H groups in total. The Morgan fingerprint density at radius 1 is 0.862 bits per heavy atom. The quantitative estimate of drug-likeness (QED) is 0.384. The molecule has 0 aliphatic heterocycles. The summed E-state index contributed by atoms with van der Waals surface area (Å²) in [6.07, 6.45) is 1.35. The lowest BCUT2D eigenvalue weighted by atomic mass is 10.2. The molecule has 0 radical (unpaired) electrons. The van der Waals surface area contributed by atoms with Gasteiger partial charge in [-0.2, -0.15) is 0 Å². The molecule has 6 heteroatoms. The van der Waals surface area contributed by atoms with Crippen LogP contribution in [0.5, 0.6) is 5.75 Å². The van der Waals surface area contributed by atoms with Crippen LogP contribution in [0, 0.1) is 0 Å². The molecule has 0 atom stereocenters. The molecule has 0 fully saturated rings. The van der Waals surface area contributed by atoms with E-state index < -0.39 is 5.97 Å². The van der Waals surface area contributed by atoms with Crippen molar-refractivity contribution in [3.05, 3.63) is 100 Å². The molecule has 1 heterocycles. The molecule has 3 rings (SSSR count). The maximum Gasteiger partial charge on any atom is 0.308 e. The summed E-state index contributed by atoms with van der Waals surface area (Å²) in [4.78, 5) is 23.9. The van der Waals surface area contributed by atoms with Crippen molar-refractivity contribution in [2.75, 3.05) is 6.61 Å². The highest BCUT2D eigenvalue weighted by Gasteiger charge is 2.08. The van der Waals surface area contributed by atoms with Gasteiger partial charge in [-0.25, -0.2) is 0 Å². The summed E-state index contributed by atoms with van der Waals surface area (Å²) in [5.74, 6) is -0.0658. The number of hydrogen-bond acceptors (Lipinski definition) is 6. The van der Waals surface area contributed by atoms with E-state index in [0.717, 1.165) is 11.1 Å². The normalized spacial score (nSPS) is 10.5. The van der Waals surface area contributed by atoms with Crippen LogP contribution in [0.2, 0.25) is 0 Å². The van der Waals surface area contributed by atoms with E-state index in [-0.39, 0.29) is 43.2 Å². The number of hydrogen-bond donors (Lipinski definition) is 0. The lowest BCUT2D eigenvalue weighted by molar-refractivity contribution is -0.146. The molecule has 0 bridgehead atoms. The fourth-order valence-electron chi connectivity index (χ4n) is 2.50.